The van der Waals surface area contributed by atoms with Crippen molar-refractivity contribution in [3.63, 3.8) is 0 Å². The zero-order chi connectivity index (χ0) is 24.0. The molecule has 0 aliphatic heterocycles. The van der Waals surface area contributed by atoms with Crippen molar-refractivity contribution in [1.29, 1.82) is 0 Å². The van der Waals surface area contributed by atoms with Crippen molar-refractivity contribution in [3.8, 4) is 5.69 Å². The van der Waals surface area contributed by atoms with E-state index in [0.29, 0.717) is 28.1 Å². The number of anilines is 1. The van der Waals surface area contributed by atoms with Gasteiger partial charge in [0.25, 0.3) is 5.56 Å². The van der Waals surface area contributed by atoms with E-state index in [4.69, 9.17) is 11.6 Å². The molecule has 3 aromatic heterocycles. The van der Waals surface area contributed by atoms with Gasteiger partial charge in [0, 0.05) is 11.4 Å². The molecule has 1 atom stereocenters. The van der Waals surface area contributed by atoms with E-state index in [9.17, 15) is 18.0 Å². The van der Waals surface area contributed by atoms with Gasteiger partial charge in [0.15, 0.2) is 11.5 Å². The fraction of sp³-hybridized carbons (Fsp3) is 0.130. The van der Waals surface area contributed by atoms with Crippen molar-refractivity contribution in [2.24, 2.45) is 0 Å². The zero-order valence-electron chi connectivity index (χ0n) is 17.6. The smallest absolute Gasteiger partial charge is 0.360 e. The van der Waals surface area contributed by atoms with E-state index in [1.807, 2.05) is 0 Å². The van der Waals surface area contributed by atoms with Crippen LogP contribution in [0.15, 0.2) is 66.0 Å². The minimum atomic E-state index is -4.56. The lowest BCUT2D eigenvalue weighted by molar-refractivity contribution is -0.137. The molecular formula is C23H16ClF3N6O. The average molecular weight is 485 g/mol. The van der Waals surface area contributed by atoms with Gasteiger partial charge in [-0.1, -0.05) is 29.8 Å². The van der Waals surface area contributed by atoms with Crippen LogP contribution in [0, 0.1) is 0 Å². The van der Waals surface area contributed by atoms with E-state index < -0.39 is 23.3 Å². The Bertz CT molecular complexity index is 1590. The number of imidazole rings is 1. The molecule has 0 bridgehead atoms. The second-order valence-corrected chi connectivity index (χ2v) is 8.06. The van der Waals surface area contributed by atoms with Crippen LogP contribution < -0.4 is 10.9 Å². The van der Waals surface area contributed by atoms with E-state index in [-0.39, 0.29) is 16.1 Å². The lowest BCUT2D eigenvalue weighted by Gasteiger charge is -2.22. The van der Waals surface area contributed by atoms with Crippen molar-refractivity contribution in [1.82, 2.24) is 24.5 Å². The SMILES string of the molecule is CC(Nc1ncnc2nc[nH]c12)c1cc2cccc(Cl)c2c(=O)n1-c1cccc(C(F)(F)F)c1. The van der Waals surface area contributed by atoms with Gasteiger partial charge in [-0.3, -0.25) is 9.36 Å². The standard InChI is InChI=1S/C23H16ClF3N6O/c1-12(32-21-19-20(29-10-28-19)30-11-31-21)17-8-13-4-2-7-16(24)18(13)22(34)33(17)15-6-3-5-14(9-15)23(25,26)27/h2-12H,1H3,(H2,28,29,30,31,32). The summed E-state index contributed by atoms with van der Waals surface area (Å²) < 4.78 is 41.5. The Labute approximate surface area is 195 Å². The first kappa shape index (κ1) is 21.9. The monoisotopic (exact) mass is 484 g/mol. The molecule has 172 valence electrons. The second kappa shape index (κ2) is 8.14. The lowest BCUT2D eigenvalue weighted by atomic mass is 10.1. The highest BCUT2D eigenvalue weighted by Crippen LogP contribution is 2.32. The Hall–Kier alpha value is -3.92. The molecule has 11 heteroatoms. The molecule has 5 aromatic rings. The van der Waals surface area contributed by atoms with Gasteiger partial charge >= 0.3 is 6.18 Å². The first-order valence-electron chi connectivity index (χ1n) is 10.2. The van der Waals surface area contributed by atoms with Gasteiger partial charge in [-0.05, 0) is 42.6 Å². The summed E-state index contributed by atoms with van der Waals surface area (Å²) in [5.41, 5.74) is 0.111. The van der Waals surface area contributed by atoms with Crippen LogP contribution in [0.25, 0.3) is 27.6 Å². The quantitative estimate of drug-likeness (QED) is 0.351. The van der Waals surface area contributed by atoms with Gasteiger partial charge in [-0.25, -0.2) is 15.0 Å². The molecule has 34 heavy (non-hydrogen) atoms. The number of nitrogens with zero attached hydrogens (tertiary/aromatic N) is 4. The maximum atomic E-state index is 13.6. The Morgan fingerprint density at radius 1 is 1.09 bits per heavy atom. The zero-order valence-corrected chi connectivity index (χ0v) is 18.3. The number of alkyl halides is 3. The number of aromatic amines is 1. The highest BCUT2D eigenvalue weighted by atomic mass is 35.5. The molecule has 5 rings (SSSR count). The number of aromatic nitrogens is 5. The molecule has 0 fully saturated rings. The van der Waals surface area contributed by atoms with Crippen molar-refractivity contribution in [2.45, 2.75) is 19.1 Å². The molecular weight excluding hydrogens is 469 g/mol. The fourth-order valence-electron chi connectivity index (χ4n) is 3.90. The maximum Gasteiger partial charge on any atom is 0.416 e. The first-order valence-corrected chi connectivity index (χ1v) is 10.5. The molecule has 0 saturated carbocycles. The van der Waals surface area contributed by atoms with Crippen molar-refractivity contribution >= 4 is 39.4 Å². The number of fused-ring (bicyclic) bond motifs is 2. The molecule has 2 N–H and O–H groups in total. The number of benzene rings is 2. The molecule has 3 heterocycles. The van der Waals surface area contributed by atoms with Gasteiger partial charge in [0.2, 0.25) is 0 Å². The maximum absolute atomic E-state index is 13.6. The Morgan fingerprint density at radius 3 is 2.68 bits per heavy atom. The number of rotatable bonds is 4. The first-order chi connectivity index (χ1) is 16.2. The molecule has 2 aromatic carbocycles. The van der Waals surface area contributed by atoms with Crippen LogP contribution in [0.4, 0.5) is 19.0 Å². The average Bonchev–Trinajstić information content (AvgIpc) is 3.28. The molecule has 7 nitrogen and oxygen atoms in total. The van der Waals surface area contributed by atoms with Crippen molar-refractivity contribution < 1.29 is 13.2 Å². The largest absolute Gasteiger partial charge is 0.416 e. The number of H-pyrrole nitrogens is 1. The predicted molar refractivity (Wildman–Crippen MR) is 123 cm³/mol. The van der Waals surface area contributed by atoms with Crippen LogP contribution in [0.2, 0.25) is 5.02 Å². The lowest BCUT2D eigenvalue weighted by Crippen LogP contribution is -2.26. The van der Waals surface area contributed by atoms with Crippen LogP contribution >= 0.6 is 11.6 Å². The summed E-state index contributed by atoms with van der Waals surface area (Å²) in [5, 5.41) is 4.21. The van der Waals surface area contributed by atoms with E-state index in [1.54, 1.807) is 31.2 Å². The highest BCUT2D eigenvalue weighted by Gasteiger charge is 2.31. The molecule has 0 saturated heterocycles. The van der Waals surface area contributed by atoms with Crippen LogP contribution in [0.3, 0.4) is 0 Å². The van der Waals surface area contributed by atoms with Crippen molar-refractivity contribution in [2.75, 3.05) is 5.32 Å². The molecule has 1 unspecified atom stereocenters. The van der Waals surface area contributed by atoms with E-state index >= 15 is 0 Å². The highest BCUT2D eigenvalue weighted by molar-refractivity contribution is 6.35. The molecule has 0 aliphatic rings. The Morgan fingerprint density at radius 2 is 1.88 bits per heavy atom. The number of hydrogen-bond donors (Lipinski definition) is 2. The second-order valence-electron chi connectivity index (χ2n) is 7.65. The summed E-state index contributed by atoms with van der Waals surface area (Å²) in [6.45, 7) is 1.78. The summed E-state index contributed by atoms with van der Waals surface area (Å²) in [4.78, 5) is 29.0. The summed E-state index contributed by atoms with van der Waals surface area (Å²) >= 11 is 6.30. The molecule has 0 aliphatic carbocycles. The number of pyridine rings is 1. The predicted octanol–water partition coefficient (Wildman–Crippen LogP) is 5.50. The molecule has 0 spiro atoms. The van der Waals surface area contributed by atoms with Crippen molar-refractivity contribution in [3.05, 3.63) is 87.8 Å². The van der Waals surface area contributed by atoms with Crippen LogP contribution in [0.5, 0.6) is 0 Å². The minimum Gasteiger partial charge on any atom is -0.360 e. The van der Waals surface area contributed by atoms with Gasteiger partial charge in [-0.15, -0.1) is 0 Å². The van der Waals surface area contributed by atoms with Gasteiger partial charge in [0.05, 0.1) is 28.3 Å². The van der Waals surface area contributed by atoms with Crippen LogP contribution in [-0.2, 0) is 6.18 Å². The number of halogens is 4. The van der Waals surface area contributed by atoms with Gasteiger partial charge < -0.3 is 10.3 Å². The summed E-state index contributed by atoms with van der Waals surface area (Å²) in [6.07, 6.45) is -1.74. The number of nitrogens with one attached hydrogen (secondary N) is 2. The third-order valence-corrected chi connectivity index (χ3v) is 5.79. The van der Waals surface area contributed by atoms with Gasteiger partial charge in [-0.2, -0.15) is 13.2 Å². The molecule has 0 radical (unpaired) electrons. The minimum absolute atomic E-state index is 0.0691. The number of hydrogen-bond acceptors (Lipinski definition) is 5. The topological polar surface area (TPSA) is 88.5 Å². The fourth-order valence-corrected chi connectivity index (χ4v) is 4.16. The Kier molecular flexibility index (Phi) is 5.24. The summed E-state index contributed by atoms with van der Waals surface area (Å²) in [5.74, 6) is 0.434. The van der Waals surface area contributed by atoms with E-state index in [0.717, 1.165) is 12.1 Å². The third-order valence-electron chi connectivity index (χ3n) is 5.48. The van der Waals surface area contributed by atoms with Crippen LogP contribution in [0.1, 0.15) is 24.2 Å². The normalized spacial score (nSPS) is 12.9. The summed E-state index contributed by atoms with van der Waals surface area (Å²) in [7, 11) is 0. The van der Waals surface area contributed by atoms with Gasteiger partial charge in [0.1, 0.15) is 11.8 Å². The van der Waals surface area contributed by atoms with E-state index in [2.05, 4.69) is 25.3 Å². The third kappa shape index (κ3) is 3.75. The van der Waals surface area contributed by atoms with E-state index in [1.165, 1.54) is 29.4 Å². The van der Waals surface area contributed by atoms with Crippen LogP contribution in [-0.4, -0.2) is 24.5 Å². The molecule has 0 amide bonds. The summed E-state index contributed by atoms with van der Waals surface area (Å²) in [6, 6.07) is 10.8. The Balaban J connectivity index is 1.73.